The Labute approximate surface area is 147 Å². The highest BCUT2D eigenvalue weighted by atomic mass is 16.6. The third-order valence-electron chi connectivity index (χ3n) is 3.12. The first-order chi connectivity index (χ1) is 11.7. The van der Waals surface area contributed by atoms with Crippen LogP contribution in [-0.2, 0) is 14.3 Å². The van der Waals surface area contributed by atoms with E-state index in [9.17, 15) is 14.4 Å². The lowest BCUT2D eigenvalue weighted by atomic mass is 10.1. The Morgan fingerprint density at radius 2 is 1.76 bits per heavy atom. The fourth-order valence-electron chi connectivity index (χ4n) is 1.98. The molecule has 0 fully saturated rings. The predicted molar refractivity (Wildman–Crippen MR) is 91.4 cm³/mol. The lowest BCUT2D eigenvalue weighted by Gasteiger charge is -2.22. The van der Waals surface area contributed by atoms with Gasteiger partial charge in [0.25, 0.3) is 0 Å². The Kier molecular flexibility index (Phi) is 7.91. The second kappa shape index (κ2) is 9.66. The lowest BCUT2D eigenvalue weighted by Crippen LogP contribution is -2.43. The molecule has 1 aromatic rings. The summed E-state index contributed by atoms with van der Waals surface area (Å²) in [6, 6.07) is 7.58. The van der Waals surface area contributed by atoms with Crippen molar-refractivity contribution in [3.63, 3.8) is 0 Å². The lowest BCUT2D eigenvalue weighted by molar-refractivity contribution is -0.139. The predicted octanol–water partition coefficient (Wildman–Crippen LogP) is 2.99. The van der Waals surface area contributed by atoms with E-state index in [1.54, 1.807) is 51.1 Å². The number of rotatable bonds is 8. The van der Waals surface area contributed by atoms with E-state index < -0.39 is 29.7 Å². The number of alkyl carbamates (subject to hydrolysis) is 1. The van der Waals surface area contributed by atoms with Gasteiger partial charge in [0, 0.05) is 0 Å². The van der Waals surface area contributed by atoms with Gasteiger partial charge in [-0.05, 0) is 52.2 Å². The molecule has 0 unspecified atom stereocenters. The number of amides is 1. The second-order valence-corrected chi connectivity index (χ2v) is 6.53. The normalized spacial score (nSPS) is 12.1. The molecule has 0 spiro atoms. The van der Waals surface area contributed by atoms with Crippen LogP contribution in [0.4, 0.5) is 4.79 Å². The Balaban J connectivity index is 2.30. The van der Waals surface area contributed by atoms with Crippen LogP contribution in [-0.4, -0.2) is 41.4 Å². The maximum Gasteiger partial charge on any atom is 0.408 e. The third kappa shape index (κ3) is 8.74. The van der Waals surface area contributed by atoms with Gasteiger partial charge < -0.3 is 19.9 Å². The van der Waals surface area contributed by atoms with E-state index in [1.807, 2.05) is 0 Å². The van der Waals surface area contributed by atoms with Gasteiger partial charge in [-0.3, -0.25) is 0 Å². The second-order valence-electron chi connectivity index (χ2n) is 6.53. The van der Waals surface area contributed by atoms with Gasteiger partial charge in [-0.1, -0.05) is 18.2 Å². The van der Waals surface area contributed by atoms with E-state index in [0.717, 1.165) is 0 Å². The average Bonchev–Trinajstić information content (AvgIpc) is 2.52. The van der Waals surface area contributed by atoms with E-state index in [1.165, 1.54) is 0 Å². The van der Waals surface area contributed by atoms with E-state index in [2.05, 4.69) is 5.32 Å². The summed E-state index contributed by atoms with van der Waals surface area (Å²) in [5, 5.41) is 11.5. The number of ether oxygens (including phenoxy) is 2. The fourth-order valence-corrected chi connectivity index (χ4v) is 1.98. The monoisotopic (exact) mass is 351 g/mol. The van der Waals surface area contributed by atoms with E-state index in [0.29, 0.717) is 18.4 Å². The Hall–Kier alpha value is -2.57. The molecule has 7 nitrogen and oxygen atoms in total. The van der Waals surface area contributed by atoms with E-state index >= 15 is 0 Å². The number of hydrogen-bond donors (Lipinski definition) is 2. The van der Waals surface area contributed by atoms with Gasteiger partial charge in [-0.2, -0.15) is 0 Å². The molecule has 0 bridgehead atoms. The smallest absolute Gasteiger partial charge is 0.408 e. The Morgan fingerprint density at radius 1 is 1.12 bits per heavy atom. The van der Waals surface area contributed by atoms with Crippen molar-refractivity contribution in [1.82, 2.24) is 5.32 Å². The van der Waals surface area contributed by atoms with Crippen LogP contribution >= 0.6 is 0 Å². The van der Waals surface area contributed by atoms with Crippen LogP contribution in [0.5, 0.6) is 0 Å². The summed E-state index contributed by atoms with van der Waals surface area (Å²) in [4.78, 5) is 34.6. The number of unbranched alkanes of at least 4 members (excludes halogenated alkanes) is 1. The number of aliphatic carboxylic acids is 1. The summed E-state index contributed by atoms with van der Waals surface area (Å²) in [7, 11) is 0. The molecule has 0 aliphatic carbocycles. The topological polar surface area (TPSA) is 102 Å². The van der Waals surface area contributed by atoms with Gasteiger partial charge in [0.1, 0.15) is 11.6 Å². The highest BCUT2D eigenvalue weighted by Gasteiger charge is 2.23. The number of esters is 1. The molecule has 0 heterocycles. The minimum absolute atomic E-state index is 0.187. The van der Waals surface area contributed by atoms with Gasteiger partial charge in [-0.25, -0.2) is 14.4 Å². The van der Waals surface area contributed by atoms with Gasteiger partial charge in [0.05, 0.1) is 12.2 Å². The standard InChI is InChI=1S/C18H25NO6/c1-18(2,3)25-17(23)19-14(15(20)21)11-7-8-12-24-16(22)13-9-5-4-6-10-13/h4-6,9-10,14H,7-8,11-12H2,1-3H3,(H,19,23)(H,20,21)/t14-/m0/s1. The molecule has 0 aliphatic rings. The fraction of sp³-hybridized carbons (Fsp3) is 0.500. The number of hydrogen-bond acceptors (Lipinski definition) is 5. The maximum atomic E-state index is 11.7. The van der Waals surface area contributed by atoms with E-state index in [4.69, 9.17) is 14.6 Å². The summed E-state index contributed by atoms with van der Waals surface area (Å²) in [6.07, 6.45) is 0.431. The molecule has 0 saturated carbocycles. The summed E-state index contributed by atoms with van der Waals surface area (Å²) < 4.78 is 10.2. The molecule has 1 amide bonds. The van der Waals surface area contributed by atoms with Crippen LogP contribution in [0, 0.1) is 0 Å². The van der Waals surface area contributed by atoms with Crippen molar-refractivity contribution in [2.24, 2.45) is 0 Å². The minimum Gasteiger partial charge on any atom is -0.480 e. The van der Waals surface area contributed by atoms with E-state index in [-0.39, 0.29) is 13.0 Å². The summed E-state index contributed by atoms with van der Waals surface area (Å²) in [5.74, 6) is -1.55. The van der Waals surface area contributed by atoms with Gasteiger partial charge >= 0.3 is 18.0 Å². The van der Waals surface area contributed by atoms with Crippen LogP contribution in [0.1, 0.15) is 50.4 Å². The maximum absolute atomic E-state index is 11.7. The first kappa shape index (κ1) is 20.5. The van der Waals surface area contributed by atoms with Crippen molar-refractivity contribution in [3.05, 3.63) is 35.9 Å². The zero-order chi connectivity index (χ0) is 18.9. The van der Waals surface area contributed by atoms with Crippen LogP contribution in [0.3, 0.4) is 0 Å². The molecule has 7 heteroatoms. The quantitative estimate of drug-likeness (QED) is 0.551. The van der Waals surface area contributed by atoms with Gasteiger partial charge in [0.15, 0.2) is 0 Å². The van der Waals surface area contributed by atoms with Crippen LogP contribution in [0.2, 0.25) is 0 Å². The van der Waals surface area contributed by atoms with Crippen LogP contribution in [0.25, 0.3) is 0 Å². The molecular weight excluding hydrogens is 326 g/mol. The summed E-state index contributed by atoms with van der Waals surface area (Å²) in [6.45, 7) is 5.28. The van der Waals surface area contributed by atoms with Crippen molar-refractivity contribution in [2.45, 2.75) is 51.7 Å². The molecule has 25 heavy (non-hydrogen) atoms. The highest BCUT2D eigenvalue weighted by molar-refractivity contribution is 5.89. The molecule has 138 valence electrons. The largest absolute Gasteiger partial charge is 0.480 e. The summed E-state index contributed by atoms with van der Waals surface area (Å²) in [5.41, 5.74) is -0.226. The number of benzene rings is 1. The SMILES string of the molecule is CC(C)(C)OC(=O)N[C@@H](CCCCOC(=O)c1ccccc1)C(=O)O. The Bertz CT molecular complexity index is 579. The average molecular weight is 351 g/mol. The van der Waals surface area contributed by atoms with Crippen LogP contribution in [0.15, 0.2) is 30.3 Å². The molecule has 1 atom stereocenters. The molecule has 0 radical (unpaired) electrons. The number of carboxylic acid groups (broad SMARTS) is 1. The minimum atomic E-state index is -1.13. The molecular formula is C18H25NO6. The molecule has 1 aromatic carbocycles. The van der Waals surface area contributed by atoms with Crippen LogP contribution < -0.4 is 5.32 Å². The van der Waals surface area contributed by atoms with Gasteiger partial charge in [0.2, 0.25) is 0 Å². The van der Waals surface area contributed by atoms with Crippen molar-refractivity contribution in [3.8, 4) is 0 Å². The van der Waals surface area contributed by atoms with Crippen molar-refractivity contribution in [2.75, 3.05) is 6.61 Å². The molecule has 0 aromatic heterocycles. The van der Waals surface area contributed by atoms with Gasteiger partial charge in [-0.15, -0.1) is 0 Å². The molecule has 1 rings (SSSR count). The van der Waals surface area contributed by atoms with Crippen molar-refractivity contribution < 1.29 is 29.0 Å². The zero-order valence-electron chi connectivity index (χ0n) is 14.8. The summed E-state index contributed by atoms with van der Waals surface area (Å²) >= 11 is 0. The zero-order valence-corrected chi connectivity index (χ0v) is 14.8. The molecule has 0 saturated heterocycles. The third-order valence-corrected chi connectivity index (χ3v) is 3.12. The number of carbonyl (C=O) groups is 3. The number of carboxylic acids is 1. The molecule has 2 N–H and O–H groups in total. The Morgan fingerprint density at radius 3 is 2.32 bits per heavy atom. The first-order valence-electron chi connectivity index (χ1n) is 8.13. The number of nitrogens with one attached hydrogen (secondary N) is 1. The first-order valence-corrected chi connectivity index (χ1v) is 8.13. The molecule has 0 aliphatic heterocycles. The highest BCUT2D eigenvalue weighted by Crippen LogP contribution is 2.09. The van der Waals surface area contributed by atoms with Crippen molar-refractivity contribution in [1.29, 1.82) is 0 Å². The van der Waals surface area contributed by atoms with Crippen molar-refractivity contribution >= 4 is 18.0 Å². The number of carbonyl (C=O) groups excluding carboxylic acids is 2.